The van der Waals surface area contributed by atoms with E-state index < -0.39 is 0 Å². The lowest BCUT2D eigenvalue weighted by Crippen LogP contribution is -2.45. The molecule has 1 N–H and O–H groups in total. The molecule has 5 rings (SSSR count). The maximum Gasteiger partial charge on any atom is 0.229 e. The van der Waals surface area contributed by atoms with Crippen molar-refractivity contribution in [3.05, 3.63) is 65.7 Å². The molecular weight excluding hydrogens is 438 g/mol. The predicted octanol–water partition coefficient (Wildman–Crippen LogP) is 3.96. The van der Waals surface area contributed by atoms with Gasteiger partial charge in [0.25, 0.3) is 0 Å². The molecule has 2 heterocycles. The van der Waals surface area contributed by atoms with Crippen LogP contribution in [0.15, 0.2) is 54.6 Å². The zero-order chi connectivity index (χ0) is 24.3. The van der Waals surface area contributed by atoms with Crippen LogP contribution in [0.1, 0.15) is 55.6 Å². The summed E-state index contributed by atoms with van der Waals surface area (Å²) in [6.45, 7) is 4.24. The summed E-state index contributed by atoms with van der Waals surface area (Å²) in [7, 11) is 1.67. The molecule has 0 aromatic heterocycles. The first kappa shape index (κ1) is 23.9. The molecule has 0 bridgehead atoms. The van der Waals surface area contributed by atoms with Crippen LogP contribution in [0, 0.1) is 5.41 Å². The molecule has 1 spiro atoms. The van der Waals surface area contributed by atoms with Crippen LogP contribution in [0.5, 0.6) is 5.75 Å². The third-order valence-electron chi connectivity index (χ3n) is 8.12. The van der Waals surface area contributed by atoms with E-state index in [1.807, 2.05) is 47.4 Å². The number of methoxy groups -OCH3 is 1. The van der Waals surface area contributed by atoms with Crippen LogP contribution in [-0.4, -0.2) is 60.9 Å². The highest BCUT2D eigenvalue weighted by Crippen LogP contribution is 2.42. The van der Waals surface area contributed by atoms with Crippen molar-refractivity contribution in [3.63, 3.8) is 0 Å². The van der Waals surface area contributed by atoms with Gasteiger partial charge in [0.15, 0.2) is 0 Å². The summed E-state index contributed by atoms with van der Waals surface area (Å²) in [5.74, 6) is 1.21. The van der Waals surface area contributed by atoms with E-state index in [1.54, 1.807) is 7.11 Å². The number of nitrogens with zero attached hydrogens (tertiary/aromatic N) is 2. The first-order valence-corrected chi connectivity index (χ1v) is 13.1. The van der Waals surface area contributed by atoms with Crippen molar-refractivity contribution in [2.45, 2.75) is 57.0 Å². The molecule has 2 amide bonds. The van der Waals surface area contributed by atoms with Gasteiger partial charge in [0, 0.05) is 19.1 Å². The summed E-state index contributed by atoms with van der Waals surface area (Å²) >= 11 is 0. The maximum atomic E-state index is 13.4. The first-order valence-electron chi connectivity index (χ1n) is 13.1. The van der Waals surface area contributed by atoms with Gasteiger partial charge in [0.2, 0.25) is 11.8 Å². The molecule has 1 unspecified atom stereocenters. The van der Waals surface area contributed by atoms with Crippen LogP contribution in [-0.2, 0) is 16.1 Å². The summed E-state index contributed by atoms with van der Waals surface area (Å²) in [5.41, 5.74) is 2.04. The molecule has 3 aliphatic rings. The minimum absolute atomic E-state index is 0.110. The molecule has 1 aliphatic carbocycles. The monoisotopic (exact) mass is 475 g/mol. The Kier molecular flexibility index (Phi) is 7.09. The number of benzene rings is 2. The molecule has 186 valence electrons. The average Bonchev–Trinajstić information content (AvgIpc) is 3.67. The van der Waals surface area contributed by atoms with Crippen LogP contribution in [0.2, 0.25) is 0 Å². The highest BCUT2D eigenvalue weighted by atomic mass is 16.5. The number of nitrogens with one attached hydrogen (secondary N) is 1. The van der Waals surface area contributed by atoms with Gasteiger partial charge in [-0.1, -0.05) is 42.5 Å². The van der Waals surface area contributed by atoms with E-state index in [9.17, 15) is 9.59 Å². The Hall–Kier alpha value is -2.86. The third-order valence-corrected chi connectivity index (χ3v) is 8.12. The molecule has 2 aliphatic heterocycles. The van der Waals surface area contributed by atoms with E-state index in [0.29, 0.717) is 18.5 Å². The van der Waals surface area contributed by atoms with Gasteiger partial charge in [-0.25, -0.2) is 0 Å². The number of ether oxygens (including phenoxy) is 1. The Labute approximate surface area is 208 Å². The molecule has 2 saturated heterocycles. The van der Waals surface area contributed by atoms with Crippen LogP contribution in [0.25, 0.3) is 0 Å². The third kappa shape index (κ3) is 5.53. The zero-order valence-corrected chi connectivity index (χ0v) is 20.7. The molecule has 6 heteroatoms. The van der Waals surface area contributed by atoms with Crippen molar-refractivity contribution in [1.82, 2.24) is 15.1 Å². The summed E-state index contributed by atoms with van der Waals surface area (Å²) in [6, 6.07) is 18.5. The number of amides is 2. The highest BCUT2D eigenvalue weighted by Gasteiger charge is 2.47. The van der Waals surface area contributed by atoms with Crippen molar-refractivity contribution < 1.29 is 14.3 Å². The Morgan fingerprint density at radius 2 is 1.71 bits per heavy atom. The Morgan fingerprint density at radius 1 is 1.03 bits per heavy atom. The average molecular weight is 476 g/mol. The SMILES string of the molecule is COc1ccc(CN2CCC3(CCN(CCC(C(=O)NC4CC4)c4ccccc4)CC3)C2=O)cc1. The fourth-order valence-corrected chi connectivity index (χ4v) is 5.64. The van der Waals surface area contributed by atoms with Crippen LogP contribution >= 0.6 is 0 Å². The van der Waals surface area contributed by atoms with Gasteiger partial charge in [-0.15, -0.1) is 0 Å². The van der Waals surface area contributed by atoms with Crippen molar-refractivity contribution >= 4 is 11.8 Å². The summed E-state index contributed by atoms with van der Waals surface area (Å²) < 4.78 is 5.25. The molecule has 0 radical (unpaired) electrons. The molecule has 2 aromatic carbocycles. The number of carbonyl (C=O) groups is 2. The molecule has 3 fully saturated rings. The zero-order valence-electron chi connectivity index (χ0n) is 20.7. The number of hydrogen-bond acceptors (Lipinski definition) is 4. The van der Waals surface area contributed by atoms with E-state index in [1.165, 1.54) is 0 Å². The number of rotatable bonds is 9. The largest absolute Gasteiger partial charge is 0.497 e. The lowest BCUT2D eigenvalue weighted by atomic mass is 9.77. The van der Waals surface area contributed by atoms with E-state index in [-0.39, 0.29) is 17.2 Å². The van der Waals surface area contributed by atoms with Crippen molar-refractivity contribution in [3.8, 4) is 5.75 Å². The number of likely N-dealkylation sites (tertiary alicyclic amines) is 2. The summed E-state index contributed by atoms with van der Waals surface area (Å²) in [4.78, 5) is 30.8. The van der Waals surface area contributed by atoms with Crippen LogP contribution in [0.3, 0.4) is 0 Å². The Bertz CT molecular complexity index is 1010. The fraction of sp³-hybridized carbons (Fsp3) is 0.517. The van der Waals surface area contributed by atoms with Gasteiger partial charge in [0.1, 0.15) is 5.75 Å². The van der Waals surface area contributed by atoms with Crippen LogP contribution in [0.4, 0.5) is 0 Å². The van der Waals surface area contributed by atoms with Gasteiger partial charge in [0.05, 0.1) is 18.4 Å². The molecule has 35 heavy (non-hydrogen) atoms. The minimum Gasteiger partial charge on any atom is -0.497 e. The minimum atomic E-state index is -0.203. The van der Waals surface area contributed by atoms with Crippen molar-refractivity contribution in [1.29, 1.82) is 0 Å². The quantitative estimate of drug-likeness (QED) is 0.596. The normalized spacial score (nSPS) is 20.7. The molecule has 1 atom stereocenters. The summed E-state index contributed by atoms with van der Waals surface area (Å²) in [6.07, 6.45) is 5.79. The second kappa shape index (κ2) is 10.4. The van der Waals surface area contributed by atoms with Gasteiger partial charge in [-0.2, -0.15) is 0 Å². The molecule has 1 saturated carbocycles. The lowest BCUT2D eigenvalue weighted by molar-refractivity contribution is -0.138. The van der Waals surface area contributed by atoms with Crippen LogP contribution < -0.4 is 10.1 Å². The number of carbonyl (C=O) groups excluding carboxylic acids is 2. The van der Waals surface area contributed by atoms with Gasteiger partial charge < -0.3 is 19.9 Å². The summed E-state index contributed by atoms with van der Waals surface area (Å²) in [5, 5.41) is 3.20. The highest BCUT2D eigenvalue weighted by molar-refractivity contribution is 5.85. The van der Waals surface area contributed by atoms with Crippen molar-refractivity contribution in [2.75, 3.05) is 33.3 Å². The van der Waals surface area contributed by atoms with Gasteiger partial charge >= 0.3 is 0 Å². The predicted molar refractivity (Wildman–Crippen MR) is 136 cm³/mol. The first-order chi connectivity index (χ1) is 17.1. The second-order valence-electron chi connectivity index (χ2n) is 10.5. The smallest absolute Gasteiger partial charge is 0.229 e. The second-order valence-corrected chi connectivity index (χ2v) is 10.5. The Balaban J connectivity index is 1.14. The van der Waals surface area contributed by atoms with Gasteiger partial charge in [-0.05, 0) is 81.4 Å². The molecule has 6 nitrogen and oxygen atoms in total. The molecule has 2 aromatic rings. The van der Waals surface area contributed by atoms with E-state index in [2.05, 4.69) is 22.3 Å². The maximum absolute atomic E-state index is 13.4. The standard InChI is InChI=1S/C29H37N3O3/c1-35-25-11-7-22(8-12-25)21-32-20-16-29(28(32)34)14-18-31(19-15-29)17-13-26(23-5-3-2-4-6-23)27(33)30-24-9-10-24/h2-8,11-12,24,26H,9-10,13-21H2,1H3,(H,30,33). The van der Waals surface area contributed by atoms with E-state index >= 15 is 0 Å². The van der Waals surface area contributed by atoms with Crippen molar-refractivity contribution in [2.24, 2.45) is 5.41 Å². The Morgan fingerprint density at radius 3 is 2.37 bits per heavy atom. The fourth-order valence-electron chi connectivity index (χ4n) is 5.64. The number of hydrogen-bond donors (Lipinski definition) is 1. The topological polar surface area (TPSA) is 61.9 Å². The lowest BCUT2D eigenvalue weighted by Gasteiger charge is -2.38. The molecular formula is C29H37N3O3. The van der Waals surface area contributed by atoms with E-state index in [0.717, 1.165) is 81.6 Å². The van der Waals surface area contributed by atoms with Gasteiger partial charge in [-0.3, -0.25) is 9.59 Å². The van der Waals surface area contributed by atoms with E-state index in [4.69, 9.17) is 4.74 Å². The number of piperidine rings is 1.